The van der Waals surface area contributed by atoms with Crippen LogP contribution < -0.4 is 5.32 Å². The van der Waals surface area contributed by atoms with Crippen LogP contribution in [-0.2, 0) is 11.2 Å². The summed E-state index contributed by atoms with van der Waals surface area (Å²) in [6.07, 6.45) is 8.68. The Hall–Kier alpha value is -2.24. The van der Waals surface area contributed by atoms with Gasteiger partial charge in [0.2, 0.25) is 0 Å². The molecule has 2 aromatic rings. The summed E-state index contributed by atoms with van der Waals surface area (Å²) in [5, 5.41) is 13.3. The lowest BCUT2D eigenvalue weighted by molar-refractivity contribution is -0.140. The molecule has 0 bridgehead atoms. The van der Waals surface area contributed by atoms with Gasteiger partial charge in [-0.25, -0.2) is 4.39 Å². The molecule has 5 heteroatoms. The Bertz CT molecular complexity index is 957. The summed E-state index contributed by atoms with van der Waals surface area (Å²) in [4.78, 5) is 14.5. The zero-order chi connectivity index (χ0) is 26.2. The molecular weight excluding hydrogens is 463 g/mol. The zero-order valence-electron chi connectivity index (χ0n) is 22.6. The Balaban J connectivity index is 1.28. The number of carbonyl (C=O) groups is 1. The minimum Gasteiger partial charge on any atom is -0.480 e. The normalized spacial score (nSPS) is 23.9. The molecule has 0 radical (unpaired) electrons. The maximum absolute atomic E-state index is 13.1. The van der Waals surface area contributed by atoms with Crippen molar-refractivity contribution in [1.82, 2.24) is 10.2 Å². The topological polar surface area (TPSA) is 52.6 Å². The number of halogens is 1. The van der Waals surface area contributed by atoms with Crippen LogP contribution in [0.2, 0.25) is 0 Å². The van der Waals surface area contributed by atoms with Crippen LogP contribution >= 0.6 is 0 Å². The van der Waals surface area contributed by atoms with Gasteiger partial charge >= 0.3 is 5.97 Å². The van der Waals surface area contributed by atoms with Gasteiger partial charge in [-0.2, -0.15) is 0 Å². The summed E-state index contributed by atoms with van der Waals surface area (Å²) in [7, 11) is 0. The van der Waals surface area contributed by atoms with E-state index in [-0.39, 0.29) is 11.9 Å². The third kappa shape index (κ3) is 8.38. The predicted octanol–water partition coefficient (Wildman–Crippen LogP) is 6.51. The van der Waals surface area contributed by atoms with E-state index in [9.17, 15) is 14.3 Å². The number of aliphatic carboxylic acids is 1. The highest BCUT2D eigenvalue weighted by atomic mass is 19.1. The molecule has 2 N–H and O–H groups in total. The molecule has 2 aromatic carbocycles. The van der Waals surface area contributed by atoms with Crippen molar-refractivity contribution in [2.45, 2.75) is 83.2 Å². The fraction of sp³-hybridized carbons (Fsp3) is 0.594. The van der Waals surface area contributed by atoms with Gasteiger partial charge in [0.15, 0.2) is 0 Å². The zero-order valence-corrected chi connectivity index (χ0v) is 22.6. The van der Waals surface area contributed by atoms with Gasteiger partial charge in [-0.1, -0.05) is 62.7 Å². The third-order valence-electron chi connectivity index (χ3n) is 8.56. The monoisotopic (exact) mass is 508 g/mol. The van der Waals surface area contributed by atoms with Crippen LogP contribution in [-0.4, -0.2) is 47.7 Å². The highest BCUT2D eigenvalue weighted by molar-refractivity contribution is 5.73. The first-order valence-electron chi connectivity index (χ1n) is 14.4. The maximum Gasteiger partial charge on any atom is 0.320 e. The molecule has 4 nitrogen and oxygen atoms in total. The first kappa shape index (κ1) is 27.8. The van der Waals surface area contributed by atoms with E-state index in [4.69, 9.17) is 0 Å². The molecule has 1 aliphatic carbocycles. The summed E-state index contributed by atoms with van der Waals surface area (Å²) < 4.78 is 13.1. The van der Waals surface area contributed by atoms with E-state index in [0.29, 0.717) is 24.2 Å². The molecule has 37 heavy (non-hydrogen) atoms. The minimum atomic E-state index is -0.727. The molecule has 0 aromatic heterocycles. The van der Waals surface area contributed by atoms with Crippen LogP contribution in [0.4, 0.5) is 4.39 Å². The standard InChI is InChI=1S/C32H45FN2O2/c1-23(2)19-31(32(36)37)34-29-20-27(30(21-29)26-9-4-3-5-10-26)22-35-17-15-25(16-18-35)8-6-7-24-11-13-28(33)14-12-24/h3-5,9-14,23,25,27,29-31,34H,6-8,15-22H2,1-2H3,(H,36,37)/t27?,29?,30?,31-/m0/s1. The first-order chi connectivity index (χ1) is 17.9. The number of piperidine rings is 1. The summed E-state index contributed by atoms with van der Waals surface area (Å²) in [6.45, 7) is 7.59. The average molecular weight is 509 g/mol. The van der Waals surface area contributed by atoms with Crippen molar-refractivity contribution in [3.8, 4) is 0 Å². The van der Waals surface area contributed by atoms with Gasteiger partial charge in [0.05, 0.1) is 0 Å². The summed E-state index contributed by atoms with van der Waals surface area (Å²) in [5.41, 5.74) is 2.62. The number of carboxylic acids is 1. The lowest BCUT2D eigenvalue weighted by Gasteiger charge is -2.35. The van der Waals surface area contributed by atoms with Crippen molar-refractivity contribution in [2.24, 2.45) is 17.8 Å². The Morgan fingerprint density at radius 1 is 1.05 bits per heavy atom. The largest absolute Gasteiger partial charge is 0.480 e. The number of hydrogen-bond acceptors (Lipinski definition) is 3. The van der Waals surface area contributed by atoms with E-state index in [1.165, 1.54) is 36.8 Å². The number of likely N-dealkylation sites (tertiary alicyclic amines) is 1. The van der Waals surface area contributed by atoms with Crippen LogP contribution in [0, 0.1) is 23.6 Å². The molecular formula is C32H45FN2O2. The molecule has 0 amide bonds. The van der Waals surface area contributed by atoms with Gasteiger partial charge in [-0.3, -0.25) is 4.79 Å². The van der Waals surface area contributed by atoms with Crippen LogP contribution in [0.1, 0.15) is 75.8 Å². The van der Waals surface area contributed by atoms with Gasteiger partial charge in [-0.15, -0.1) is 0 Å². The fourth-order valence-electron chi connectivity index (χ4n) is 6.60. The lowest BCUT2D eigenvalue weighted by Crippen LogP contribution is -2.43. The summed E-state index contributed by atoms with van der Waals surface area (Å²) in [5.74, 6) is 1.27. The average Bonchev–Trinajstić information content (AvgIpc) is 3.28. The van der Waals surface area contributed by atoms with E-state index < -0.39 is 12.0 Å². The molecule has 0 spiro atoms. The molecule has 4 rings (SSSR count). The Morgan fingerprint density at radius 2 is 1.76 bits per heavy atom. The Labute approximate surface area is 222 Å². The molecule has 202 valence electrons. The molecule has 2 aliphatic rings. The predicted molar refractivity (Wildman–Crippen MR) is 148 cm³/mol. The van der Waals surface area contributed by atoms with Crippen molar-refractivity contribution in [3.05, 3.63) is 71.5 Å². The van der Waals surface area contributed by atoms with Crippen LogP contribution in [0.3, 0.4) is 0 Å². The molecule has 1 aliphatic heterocycles. The van der Waals surface area contributed by atoms with E-state index in [0.717, 1.165) is 44.8 Å². The molecule has 1 saturated carbocycles. The summed E-state index contributed by atoms with van der Waals surface area (Å²) >= 11 is 0. The molecule has 1 saturated heterocycles. The molecule has 2 fully saturated rings. The van der Waals surface area contributed by atoms with Crippen LogP contribution in [0.15, 0.2) is 54.6 Å². The second-order valence-corrected chi connectivity index (χ2v) is 11.9. The van der Waals surface area contributed by atoms with E-state index >= 15 is 0 Å². The van der Waals surface area contributed by atoms with Crippen molar-refractivity contribution in [3.63, 3.8) is 0 Å². The van der Waals surface area contributed by atoms with Crippen molar-refractivity contribution < 1.29 is 14.3 Å². The second-order valence-electron chi connectivity index (χ2n) is 11.9. The number of benzene rings is 2. The SMILES string of the molecule is CC(C)C[C@H](NC1CC(CN2CCC(CCCc3ccc(F)cc3)CC2)C(c2ccccc2)C1)C(=O)O. The molecule has 1 heterocycles. The lowest BCUT2D eigenvalue weighted by atomic mass is 9.87. The Kier molecular flexibility index (Phi) is 10.2. The smallest absolute Gasteiger partial charge is 0.320 e. The minimum absolute atomic E-state index is 0.160. The van der Waals surface area contributed by atoms with E-state index in [1.54, 1.807) is 12.1 Å². The number of rotatable bonds is 12. The quantitative estimate of drug-likeness (QED) is 0.343. The molecule has 3 unspecified atom stereocenters. The molecule has 4 atom stereocenters. The Morgan fingerprint density at radius 3 is 2.41 bits per heavy atom. The number of carboxylic acid groups (broad SMARTS) is 1. The van der Waals surface area contributed by atoms with Crippen molar-refractivity contribution in [2.75, 3.05) is 19.6 Å². The highest BCUT2D eigenvalue weighted by Crippen LogP contribution is 2.41. The fourth-order valence-corrected chi connectivity index (χ4v) is 6.60. The van der Waals surface area contributed by atoms with Crippen molar-refractivity contribution >= 4 is 5.97 Å². The van der Waals surface area contributed by atoms with Gasteiger partial charge < -0.3 is 15.3 Å². The number of hydrogen-bond donors (Lipinski definition) is 2. The third-order valence-corrected chi connectivity index (χ3v) is 8.56. The second kappa shape index (κ2) is 13.5. The van der Waals surface area contributed by atoms with E-state index in [2.05, 4.69) is 54.4 Å². The maximum atomic E-state index is 13.1. The van der Waals surface area contributed by atoms with Gasteiger partial charge in [0.25, 0.3) is 0 Å². The number of nitrogens with zero attached hydrogens (tertiary/aromatic N) is 1. The van der Waals surface area contributed by atoms with Gasteiger partial charge in [0.1, 0.15) is 11.9 Å². The number of nitrogens with one attached hydrogen (secondary N) is 1. The number of aryl methyl sites for hydroxylation is 1. The van der Waals surface area contributed by atoms with Crippen molar-refractivity contribution in [1.29, 1.82) is 0 Å². The summed E-state index contributed by atoms with van der Waals surface area (Å²) in [6, 6.07) is 17.5. The van der Waals surface area contributed by atoms with Crippen LogP contribution in [0.5, 0.6) is 0 Å². The van der Waals surface area contributed by atoms with Gasteiger partial charge in [0, 0.05) is 12.6 Å². The van der Waals surface area contributed by atoms with Gasteiger partial charge in [-0.05, 0) is 105 Å². The first-order valence-corrected chi connectivity index (χ1v) is 14.4. The van der Waals surface area contributed by atoms with E-state index in [1.807, 2.05) is 12.1 Å². The highest BCUT2D eigenvalue weighted by Gasteiger charge is 2.38. The van der Waals surface area contributed by atoms with Crippen LogP contribution in [0.25, 0.3) is 0 Å².